The minimum absolute atomic E-state index is 0.0269. The second kappa shape index (κ2) is 5.98. The van der Waals surface area contributed by atoms with Crippen molar-refractivity contribution in [3.05, 3.63) is 29.6 Å². The van der Waals surface area contributed by atoms with Gasteiger partial charge in [0.15, 0.2) is 0 Å². The molecule has 1 heterocycles. The highest BCUT2D eigenvalue weighted by atomic mass is 19.1. The SMILES string of the molecule is Oc1cc(F)cc(CNCCC2CCCO2)c1. The number of hydrogen-bond acceptors (Lipinski definition) is 3. The van der Waals surface area contributed by atoms with E-state index < -0.39 is 5.82 Å². The van der Waals surface area contributed by atoms with Crippen molar-refractivity contribution in [3.8, 4) is 5.75 Å². The molecule has 0 saturated carbocycles. The van der Waals surface area contributed by atoms with Crippen molar-refractivity contribution in [3.63, 3.8) is 0 Å². The number of phenols is 1. The Bertz CT molecular complexity index is 344. The first-order valence-electron chi connectivity index (χ1n) is 6.05. The Balaban J connectivity index is 1.70. The third-order valence-electron chi connectivity index (χ3n) is 2.94. The number of ether oxygens (including phenoxy) is 1. The Kier molecular flexibility index (Phi) is 4.34. The average Bonchev–Trinajstić information content (AvgIpc) is 2.76. The van der Waals surface area contributed by atoms with Crippen molar-refractivity contribution in [2.45, 2.75) is 31.9 Å². The number of nitrogens with one attached hydrogen (secondary N) is 1. The van der Waals surface area contributed by atoms with Gasteiger partial charge in [-0.15, -0.1) is 0 Å². The van der Waals surface area contributed by atoms with Crippen LogP contribution in [0.25, 0.3) is 0 Å². The minimum Gasteiger partial charge on any atom is -0.508 e. The molecule has 1 fully saturated rings. The van der Waals surface area contributed by atoms with Crippen LogP contribution in [0.15, 0.2) is 18.2 Å². The van der Waals surface area contributed by atoms with Crippen LogP contribution in [0.2, 0.25) is 0 Å². The molecular weight excluding hydrogens is 221 g/mol. The van der Waals surface area contributed by atoms with Gasteiger partial charge in [0.05, 0.1) is 6.10 Å². The fourth-order valence-electron chi connectivity index (χ4n) is 2.10. The van der Waals surface area contributed by atoms with Crippen LogP contribution in [0.1, 0.15) is 24.8 Å². The molecule has 94 valence electrons. The molecule has 1 aliphatic rings. The van der Waals surface area contributed by atoms with Crippen LogP contribution in [0.3, 0.4) is 0 Å². The Labute approximate surface area is 101 Å². The predicted octanol–water partition coefficient (Wildman–Crippen LogP) is 2.19. The summed E-state index contributed by atoms with van der Waals surface area (Å²) in [7, 11) is 0. The van der Waals surface area contributed by atoms with Crippen molar-refractivity contribution in [1.29, 1.82) is 0 Å². The Morgan fingerprint density at radius 2 is 2.29 bits per heavy atom. The van der Waals surface area contributed by atoms with E-state index in [1.807, 2.05) is 0 Å². The molecule has 0 aromatic heterocycles. The van der Waals surface area contributed by atoms with E-state index in [9.17, 15) is 9.50 Å². The summed E-state index contributed by atoms with van der Waals surface area (Å²) in [5.74, 6) is -0.429. The summed E-state index contributed by atoms with van der Waals surface area (Å²) in [6.45, 7) is 2.29. The van der Waals surface area contributed by atoms with Gasteiger partial charge in [-0.05, 0) is 43.5 Å². The molecule has 2 rings (SSSR count). The molecule has 4 heteroatoms. The van der Waals surface area contributed by atoms with Gasteiger partial charge < -0.3 is 15.2 Å². The molecule has 1 saturated heterocycles. The molecule has 3 nitrogen and oxygen atoms in total. The van der Waals surface area contributed by atoms with Crippen LogP contribution in [0, 0.1) is 5.82 Å². The highest BCUT2D eigenvalue weighted by Gasteiger charge is 2.14. The van der Waals surface area contributed by atoms with E-state index >= 15 is 0 Å². The van der Waals surface area contributed by atoms with Gasteiger partial charge in [0.25, 0.3) is 0 Å². The summed E-state index contributed by atoms with van der Waals surface area (Å²) in [6, 6.07) is 4.11. The van der Waals surface area contributed by atoms with Crippen LogP contribution in [-0.2, 0) is 11.3 Å². The maximum Gasteiger partial charge on any atom is 0.127 e. The lowest BCUT2D eigenvalue weighted by molar-refractivity contribution is 0.104. The van der Waals surface area contributed by atoms with Gasteiger partial charge in [-0.3, -0.25) is 0 Å². The number of hydrogen-bond donors (Lipinski definition) is 2. The molecule has 1 aliphatic heterocycles. The summed E-state index contributed by atoms with van der Waals surface area (Å²) in [4.78, 5) is 0. The second-order valence-corrected chi connectivity index (χ2v) is 4.42. The van der Waals surface area contributed by atoms with Crippen molar-refractivity contribution in [1.82, 2.24) is 5.32 Å². The van der Waals surface area contributed by atoms with Crippen LogP contribution < -0.4 is 5.32 Å². The Morgan fingerprint density at radius 3 is 3.00 bits per heavy atom. The molecule has 17 heavy (non-hydrogen) atoms. The van der Waals surface area contributed by atoms with E-state index in [0.717, 1.165) is 44.0 Å². The summed E-state index contributed by atoms with van der Waals surface area (Å²) < 4.78 is 18.5. The monoisotopic (exact) mass is 239 g/mol. The van der Waals surface area contributed by atoms with Gasteiger partial charge in [0.1, 0.15) is 11.6 Å². The fourth-order valence-corrected chi connectivity index (χ4v) is 2.10. The summed E-state index contributed by atoms with van der Waals surface area (Å²) in [5, 5.41) is 12.5. The molecule has 0 radical (unpaired) electrons. The predicted molar refractivity (Wildman–Crippen MR) is 63.4 cm³/mol. The Hall–Kier alpha value is -1.13. The van der Waals surface area contributed by atoms with Crippen LogP contribution >= 0.6 is 0 Å². The lowest BCUT2D eigenvalue weighted by Gasteiger charge is -2.10. The summed E-state index contributed by atoms with van der Waals surface area (Å²) in [6.07, 6.45) is 3.66. The molecule has 0 aliphatic carbocycles. The molecular formula is C13H18FNO2. The summed E-state index contributed by atoms with van der Waals surface area (Å²) >= 11 is 0. The molecule has 1 aromatic rings. The molecule has 0 spiro atoms. The normalized spacial score (nSPS) is 19.7. The smallest absolute Gasteiger partial charge is 0.127 e. The molecule has 1 aromatic carbocycles. The highest BCUT2D eigenvalue weighted by molar-refractivity contribution is 5.28. The van der Waals surface area contributed by atoms with Crippen LogP contribution in [0.4, 0.5) is 4.39 Å². The molecule has 1 unspecified atom stereocenters. The first-order chi connectivity index (χ1) is 8.24. The molecule has 0 amide bonds. The van der Waals surface area contributed by atoms with E-state index in [-0.39, 0.29) is 5.75 Å². The zero-order chi connectivity index (χ0) is 12.1. The van der Waals surface area contributed by atoms with Gasteiger partial charge in [-0.25, -0.2) is 4.39 Å². The van der Waals surface area contributed by atoms with Crippen molar-refractivity contribution >= 4 is 0 Å². The standard InChI is InChI=1S/C13H18FNO2/c14-11-6-10(7-12(16)8-11)9-15-4-3-13-2-1-5-17-13/h6-8,13,15-16H,1-5,9H2. The van der Waals surface area contributed by atoms with Crippen LogP contribution in [0.5, 0.6) is 5.75 Å². The largest absolute Gasteiger partial charge is 0.508 e. The minimum atomic E-state index is -0.402. The fraction of sp³-hybridized carbons (Fsp3) is 0.538. The van der Waals surface area contributed by atoms with Gasteiger partial charge in [0.2, 0.25) is 0 Å². The van der Waals surface area contributed by atoms with Crippen molar-refractivity contribution < 1.29 is 14.2 Å². The average molecular weight is 239 g/mol. The zero-order valence-corrected chi connectivity index (χ0v) is 9.79. The third kappa shape index (κ3) is 3.98. The van der Waals surface area contributed by atoms with Crippen molar-refractivity contribution in [2.75, 3.05) is 13.2 Å². The van der Waals surface area contributed by atoms with E-state index in [2.05, 4.69) is 5.32 Å². The zero-order valence-electron chi connectivity index (χ0n) is 9.79. The van der Waals surface area contributed by atoms with E-state index in [4.69, 9.17) is 4.74 Å². The van der Waals surface area contributed by atoms with E-state index in [1.54, 1.807) is 6.07 Å². The molecule has 2 N–H and O–H groups in total. The van der Waals surface area contributed by atoms with Crippen molar-refractivity contribution in [2.24, 2.45) is 0 Å². The maximum absolute atomic E-state index is 13.0. The third-order valence-corrected chi connectivity index (χ3v) is 2.94. The first kappa shape index (κ1) is 12.3. The second-order valence-electron chi connectivity index (χ2n) is 4.42. The quantitative estimate of drug-likeness (QED) is 0.774. The lowest BCUT2D eigenvalue weighted by atomic mass is 10.1. The van der Waals surface area contributed by atoms with Gasteiger partial charge in [-0.1, -0.05) is 0 Å². The topological polar surface area (TPSA) is 41.5 Å². The van der Waals surface area contributed by atoms with E-state index in [1.165, 1.54) is 6.07 Å². The summed E-state index contributed by atoms with van der Waals surface area (Å²) in [5.41, 5.74) is 0.759. The van der Waals surface area contributed by atoms with E-state index in [0.29, 0.717) is 12.6 Å². The molecule has 1 atom stereocenters. The highest BCUT2D eigenvalue weighted by Crippen LogP contribution is 2.16. The number of benzene rings is 1. The van der Waals surface area contributed by atoms with Gasteiger partial charge in [0, 0.05) is 19.2 Å². The maximum atomic E-state index is 13.0. The number of rotatable bonds is 5. The number of aromatic hydroxyl groups is 1. The number of halogens is 1. The molecule has 0 bridgehead atoms. The number of phenolic OH excluding ortho intramolecular Hbond substituents is 1. The van der Waals surface area contributed by atoms with Gasteiger partial charge >= 0.3 is 0 Å². The Morgan fingerprint density at radius 1 is 1.41 bits per heavy atom. The van der Waals surface area contributed by atoms with Gasteiger partial charge in [-0.2, -0.15) is 0 Å². The lowest BCUT2D eigenvalue weighted by Crippen LogP contribution is -2.19. The van der Waals surface area contributed by atoms with Crippen LogP contribution in [-0.4, -0.2) is 24.4 Å². The first-order valence-corrected chi connectivity index (χ1v) is 6.05.